The van der Waals surface area contributed by atoms with Gasteiger partial charge in [-0.25, -0.2) is 13.2 Å². The predicted molar refractivity (Wildman–Crippen MR) is 139 cm³/mol. The molecule has 3 aromatic rings. The summed E-state index contributed by atoms with van der Waals surface area (Å²) < 4.78 is 27.5. The predicted octanol–water partition coefficient (Wildman–Crippen LogP) is 2.97. The molecule has 0 radical (unpaired) electrons. The van der Waals surface area contributed by atoms with Crippen LogP contribution in [-0.4, -0.2) is 53.3 Å². The zero-order valence-electron chi connectivity index (χ0n) is 20.5. The van der Waals surface area contributed by atoms with Crippen molar-refractivity contribution in [2.24, 2.45) is 0 Å². The quantitative estimate of drug-likeness (QED) is 0.373. The largest absolute Gasteiger partial charge is 0.480 e. The van der Waals surface area contributed by atoms with Crippen LogP contribution in [0, 0.1) is 6.92 Å². The van der Waals surface area contributed by atoms with Gasteiger partial charge in [0.15, 0.2) is 0 Å². The monoisotopic (exact) mass is 522 g/mol. The number of carbonyl (C=O) groups is 2. The highest BCUT2D eigenvalue weighted by Crippen LogP contribution is 2.26. The van der Waals surface area contributed by atoms with E-state index < -0.39 is 34.0 Å². The Morgan fingerprint density at radius 2 is 1.81 bits per heavy atom. The van der Waals surface area contributed by atoms with Gasteiger partial charge in [0.2, 0.25) is 15.9 Å². The minimum Gasteiger partial charge on any atom is -0.480 e. The maximum absolute atomic E-state index is 13.2. The fraction of sp³-hybridized carbons (Fsp3) is 0.296. The number of sulfonamides is 1. The minimum atomic E-state index is -3.88. The van der Waals surface area contributed by atoms with Crippen LogP contribution in [0.2, 0.25) is 0 Å². The van der Waals surface area contributed by atoms with Crippen LogP contribution in [0.25, 0.3) is 0 Å². The lowest BCUT2D eigenvalue weighted by Crippen LogP contribution is -2.51. The minimum absolute atomic E-state index is 0.0708. The van der Waals surface area contributed by atoms with Crippen molar-refractivity contribution >= 4 is 27.6 Å². The van der Waals surface area contributed by atoms with Crippen molar-refractivity contribution < 1.29 is 23.1 Å². The van der Waals surface area contributed by atoms with Crippen LogP contribution < -0.4 is 10.6 Å². The lowest BCUT2D eigenvalue weighted by Gasteiger charge is -2.25. The number of carboxylic acids is 1. The van der Waals surface area contributed by atoms with E-state index in [0.29, 0.717) is 19.4 Å². The lowest BCUT2D eigenvalue weighted by molar-refractivity contribution is -0.142. The van der Waals surface area contributed by atoms with Gasteiger partial charge >= 0.3 is 5.97 Å². The average molecular weight is 523 g/mol. The standard InChI is InChI=1S/C27H30N4O5S/c1-19-6-12-23(13-7-19)37(35,36)31-15-3-5-25(31)26(32)30-24(27(33)34)16-20-8-10-22(11-9-20)29-18-21-4-2-14-28-17-21/h2,4,6-14,17,24-25,29H,3,5,15-16,18H2,1H3,(H,30,32)(H,33,34)/t24-,25-/m0/s1. The van der Waals surface area contributed by atoms with Crippen molar-refractivity contribution in [2.75, 3.05) is 11.9 Å². The molecule has 2 heterocycles. The molecule has 1 aromatic heterocycles. The molecule has 0 saturated carbocycles. The molecule has 0 spiro atoms. The number of benzene rings is 2. The highest BCUT2D eigenvalue weighted by atomic mass is 32.2. The molecule has 2 atom stereocenters. The smallest absolute Gasteiger partial charge is 0.326 e. The molecule has 1 aliphatic heterocycles. The van der Waals surface area contributed by atoms with E-state index in [-0.39, 0.29) is 17.9 Å². The summed E-state index contributed by atoms with van der Waals surface area (Å²) in [6, 6.07) is 15.4. The van der Waals surface area contributed by atoms with E-state index in [1.54, 1.807) is 36.7 Å². The van der Waals surface area contributed by atoms with E-state index in [9.17, 15) is 23.1 Å². The first-order valence-electron chi connectivity index (χ1n) is 12.1. The number of anilines is 1. The summed E-state index contributed by atoms with van der Waals surface area (Å²) in [5, 5.41) is 15.6. The van der Waals surface area contributed by atoms with Crippen molar-refractivity contribution in [1.82, 2.24) is 14.6 Å². The normalized spacial score (nSPS) is 16.7. The molecule has 37 heavy (non-hydrogen) atoms. The summed E-state index contributed by atoms with van der Waals surface area (Å²) in [6.45, 7) is 2.67. The highest BCUT2D eigenvalue weighted by molar-refractivity contribution is 7.89. The van der Waals surface area contributed by atoms with E-state index in [1.165, 1.54) is 16.4 Å². The molecule has 1 aliphatic rings. The Kier molecular flexibility index (Phi) is 8.20. The molecule has 0 bridgehead atoms. The number of aliphatic carboxylic acids is 1. The van der Waals surface area contributed by atoms with Crippen LogP contribution >= 0.6 is 0 Å². The Morgan fingerprint density at radius 3 is 2.46 bits per heavy atom. The molecule has 0 aliphatic carbocycles. The Labute approximate surface area is 216 Å². The molecule has 1 amide bonds. The number of hydrogen-bond acceptors (Lipinski definition) is 6. The zero-order valence-corrected chi connectivity index (χ0v) is 21.3. The number of nitrogens with one attached hydrogen (secondary N) is 2. The summed E-state index contributed by atoms with van der Waals surface area (Å²) in [4.78, 5) is 29.2. The lowest BCUT2D eigenvalue weighted by atomic mass is 10.0. The zero-order chi connectivity index (χ0) is 26.4. The number of carbonyl (C=O) groups excluding carboxylic acids is 1. The number of carboxylic acid groups (broad SMARTS) is 1. The van der Waals surface area contributed by atoms with Gasteiger partial charge in [-0.1, -0.05) is 35.9 Å². The fourth-order valence-corrected chi connectivity index (χ4v) is 5.96. The molecule has 9 nitrogen and oxygen atoms in total. The summed E-state index contributed by atoms with van der Waals surface area (Å²) in [7, 11) is -3.88. The van der Waals surface area contributed by atoms with E-state index >= 15 is 0 Å². The number of aromatic nitrogens is 1. The van der Waals surface area contributed by atoms with Crippen LogP contribution in [0.3, 0.4) is 0 Å². The average Bonchev–Trinajstić information content (AvgIpc) is 3.40. The summed E-state index contributed by atoms with van der Waals surface area (Å²) in [6.07, 6.45) is 4.42. The highest BCUT2D eigenvalue weighted by Gasteiger charge is 2.40. The first kappa shape index (κ1) is 26.3. The van der Waals surface area contributed by atoms with E-state index in [0.717, 1.165) is 22.4 Å². The molecule has 10 heteroatoms. The molecule has 2 aromatic carbocycles. The molecule has 4 rings (SSSR count). The van der Waals surface area contributed by atoms with Gasteiger partial charge in [0.1, 0.15) is 12.1 Å². The molecular formula is C27H30N4O5S. The number of nitrogens with zero attached hydrogens (tertiary/aromatic N) is 2. The summed E-state index contributed by atoms with van der Waals surface area (Å²) in [5.41, 5.74) is 3.56. The van der Waals surface area contributed by atoms with Crippen LogP contribution in [0.4, 0.5) is 5.69 Å². The second kappa shape index (κ2) is 11.5. The number of pyridine rings is 1. The Hall–Kier alpha value is -3.76. The maximum atomic E-state index is 13.2. The fourth-order valence-electron chi connectivity index (χ4n) is 4.30. The van der Waals surface area contributed by atoms with Gasteiger partial charge in [0.25, 0.3) is 0 Å². The second-order valence-electron chi connectivity index (χ2n) is 9.10. The number of aryl methyl sites for hydroxylation is 1. The number of hydrogen-bond donors (Lipinski definition) is 3. The van der Waals surface area contributed by atoms with Crippen molar-refractivity contribution in [3.63, 3.8) is 0 Å². The molecule has 3 N–H and O–H groups in total. The van der Waals surface area contributed by atoms with Gasteiger partial charge in [-0.15, -0.1) is 0 Å². The van der Waals surface area contributed by atoms with Crippen LogP contribution in [0.1, 0.15) is 29.5 Å². The van der Waals surface area contributed by atoms with Gasteiger partial charge in [-0.05, 0) is 61.2 Å². The van der Waals surface area contributed by atoms with E-state index in [4.69, 9.17) is 0 Å². The van der Waals surface area contributed by atoms with Crippen molar-refractivity contribution in [1.29, 1.82) is 0 Å². The number of amides is 1. The number of rotatable bonds is 10. The van der Waals surface area contributed by atoms with Gasteiger partial charge < -0.3 is 15.7 Å². The third-order valence-electron chi connectivity index (χ3n) is 6.36. The summed E-state index contributed by atoms with van der Waals surface area (Å²) in [5.74, 6) is -1.78. The van der Waals surface area contributed by atoms with Gasteiger partial charge in [0.05, 0.1) is 4.90 Å². The Bertz CT molecular complexity index is 1330. The van der Waals surface area contributed by atoms with E-state index in [1.807, 2.05) is 31.2 Å². The topological polar surface area (TPSA) is 129 Å². The third-order valence-corrected chi connectivity index (χ3v) is 8.28. The molecule has 194 valence electrons. The third kappa shape index (κ3) is 6.52. The summed E-state index contributed by atoms with van der Waals surface area (Å²) >= 11 is 0. The molecule has 0 unspecified atom stereocenters. The van der Waals surface area contributed by atoms with Crippen LogP contribution in [0.15, 0.2) is 78.0 Å². The van der Waals surface area contributed by atoms with Crippen molar-refractivity contribution in [3.05, 3.63) is 89.7 Å². The molecular weight excluding hydrogens is 492 g/mol. The second-order valence-corrected chi connectivity index (χ2v) is 11.0. The first-order valence-corrected chi connectivity index (χ1v) is 13.5. The molecule has 1 fully saturated rings. The van der Waals surface area contributed by atoms with Gasteiger partial charge in [0, 0.05) is 37.6 Å². The van der Waals surface area contributed by atoms with Gasteiger partial charge in [-0.3, -0.25) is 9.78 Å². The Balaban J connectivity index is 1.39. The van der Waals surface area contributed by atoms with Gasteiger partial charge in [-0.2, -0.15) is 4.31 Å². The van der Waals surface area contributed by atoms with Crippen LogP contribution in [0.5, 0.6) is 0 Å². The van der Waals surface area contributed by atoms with Crippen LogP contribution in [-0.2, 0) is 32.6 Å². The van der Waals surface area contributed by atoms with E-state index in [2.05, 4.69) is 15.6 Å². The maximum Gasteiger partial charge on any atom is 0.326 e. The molecule has 1 saturated heterocycles. The SMILES string of the molecule is Cc1ccc(S(=O)(=O)N2CCC[C@H]2C(=O)N[C@@H](Cc2ccc(NCc3cccnc3)cc2)C(=O)O)cc1. The Morgan fingerprint density at radius 1 is 1.08 bits per heavy atom. The van der Waals surface area contributed by atoms with Crippen molar-refractivity contribution in [2.45, 2.75) is 49.7 Å². The van der Waals surface area contributed by atoms with Crippen molar-refractivity contribution in [3.8, 4) is 0 Å². The first-order chi connectivity index (χ1) is 17.7.